The highest BCUT2D eigenvalue weighted by Gasteiger charge is 2.15. The smallest absolute Gasteiger partial charge is 0.343 e. The second-order valence-electron chi connectivity index (χ2n) is 4.92. The number of aliphatic hydroxyl groups excluding tert-OH is 1. The first-order chi connectivity index (χ1) is 12.1. The van der Waals surface area contributed by atoms with Crippen molar-refractivity contribution in [1.29, 1.82) is 0 Å². The number of carbonyl (C=O) groups is 1. The van der Waals surface area contributed by atoms with E-state index in [1.807, 2.05) is 0 Å². The molecule has 0 amide bonds. The number of carbonyl (C=O) groups excluding carboxylic acids is 1. The first kappa shape index (κ1) is 16.2. The third-order valence-corrected chi connectivity index (χ3v) is 3.42. The van der Waals surface area contributed by atoms with Crippen LogP contribution in [0.25, 0.3) is 16.9 Å². The quantitative estimate of drug-likeness (QED) is 0.534. The number of nitrogens with zero attached hydrogens (tertiary/aromatic N) is 2. The summed E-state index contributed by atoms with van der Waals surface area (Å²) in [5, 5.41) is 20.4. The van der Waals surface area contributed by atoms with E-state index in [9.17, 15) is 19.8 Å². The van der Waals surface area contributed by atoms with Crippen molar-refractivity contribution in [2.45, 2.75) is 6.42 Å². The van der Waals surface area contributed by atoms with Gasteiger partial charge in [0.15, 0.2) is 17.1 Å². The molecule has 0 aliphatic carbocycles. The minimum atomic E-state index is -0.743. The van der Waals surface area contributed by atoms with Crippen LogP contribution in [-0.4, -0.2) is 26.7 Å². The molecule has 3 aromatic heterocycles. The lowest BCUT2D eigenvalue weighted by atomic mass is 10.1. The maximum Gasteiger partial charge on any atom is 0.343 e. The largest absolute Gasteiger partial charge is 0.506 e. The predicted molar refractivity (Wildman–Crippen MR) is 87.2 cm³/mol. The van der Waals surface area contributed by atoms with Gasteiger partial charge in [-0.15, -0.1) is 0 Å². The van der Waals surface area contributed by atoms with Crippen molar-refractivity contribution in [2.75, 3.05) is 0 Å². The number of hydrogen-bond acceptors (Lipinski definition) is 8. The number of allylic oxidation sites excluding steroid dienone is 1. The maximum atomic E-state index is 12.0. The van der Waals surface area contributed by atoms with Crippen LogP contribution < -0.4 is 10.4 Å². The Morgan fingerprint density at radius 2 is 2.00 bits per heavy atom. The Labute approximate surface area is 140 Å². The lowest BCUT2D eigenvalue weighted by molar-refractivity contribution is -0.120. The molecule has 0 saturated heterocycles. The number of aliphatic hydroxyl groups is 1. The highest BCUT2D eigenvalue weighted by Crippen LogP contribution is 2.26. The van der Waals surface area contributed by atoms with Gasteiger partial charge < -0.3 is 19.4 Å². The van der Waals surface area contributed by atoms with Crippen LogP contribution in [0.4, 0.5) is 0 Å². The van der Waals surface area contributed by atoms with Crippen molar-refractivity contribution in [2.24, 2.45) is 0 Å². The van der Waals surface area contributed by atoms with E-state index in [4.69, 9.17) is 9.15 Å². The van der Waals surface area contributed by atoms with Gasteiger partial charge in [0.1, 0.15) is 17.0 Å². The van der Waals surface area contributed by atoms with E-state index >= 15 is 0 Å². The zero-order valence-electron chi connectivity index (χ0n) is 12.7. The average Bonchev–Trinajstić information content (AvgIpc) is 2.62. The van der Waals surface area contributed by atoms with Gasteiger partial charge in [0.05, 0.1) is 5.56 Å². The second-order valence-corrected chi connectivity index (χ2v) is 4.92. The van der Waals surface area contributed by atoms with E-state index < -0.39 is 5.63 Å². The minimum Gasteiger partial charge on any atom is -0.506 e. The van der Waals surface area contributed by atoms with E-state index in [1.165, 1.54) is 36.7 Å². The first-order valence-corrected chi connectivity index (χ1v) is 7.16. The molecule has 0 aliphatic rings. The van der Waals surface area contributed by atoms with Gasteiger partial charge in [-0.25, -0.2) is 14.8 Å². The molecule has 0 spiro atoms. The molecule has 8 heteroatoms. The molecule has 0 radical (unpaired) electrons. The summed E-state index contributed by atoms with van der Waals surface area (Å²) in [7, 11) is 0. The Morgan fingerprint density at radius 3 is 2.80 bits per heavy atom. The first-order valence-electron chi connectivity index (χ1n) is 7.16. The van der Waals surface area contributed by atoms with Crippen LogP contribution in [0.5, 0.6) is 11.5 Å². The van der Waals surface area contributed by atoms with Crippen LogP contribution in [-0.2, 0) is 11.2 Å². The van der Waals surface area contributed by atoms with Crippen molar-refractivity contribution >= 4 is 23.3 Å². The number of rotatable bonds is 5. The van der Waals surface area contributed by atoms with Crippen molar-refractivity contribution in [1.82, 2.24) is 9.97 Å². The number of fused-ring (bicyclic) bond motifs is 1. The van der Waals surface area contributed by atoms with Crippen LogP contribution >= 0.6 is 0 Å². The van der Waals surface area contributed by atoms with Gasteiger partial charge in [0, 0.05) is 18.8 Å². The van der Waals surface area contributed by atoms with E-state index in [-0.39, 0.29) is 52.5 Å². The lowest BCUT2D eigenvalue weighted by Crippen LogP contribution is -2.08. The summed E-state index contributed by atoms with van der Waals surface area (Å²) in [4.78, 5) is 30.4. The van der Waals surface area contributed by atoms with Gasteiger partial charge in [0.2, 0.25) is 0 Å². The standard InChI is InChI=1S/C17H12N2O6/c20-9-24-12-3-1-7-18-14(12)11(21)6-5-10-16(22)15-13(25-17(10)23)4-2-8-19-15/h1-4,6-9,21-22H,5H2/b11-6-. The number of aromatic hydroxyl groups is 1. The summed E-state index contributed by atoms with van der Waals surface area (Å²) in [6.07, 6.45) is 3.98. The summed E-state index contributed by atoms with van der Waals surface area (Å²) in [6, 6.07) is 6.07. The number of ether oxygens (including phenoxy) is 1. The average molecular weight is 340 g/mol. The Kier molecular flexibility index (Phi) is 4.42. The molecule has 25 heavy (non-hydrogen) atoms. The molecule has 0 aliphatic heterocycles. The summed E-state index contributed by atoms with van der Waals surface area (Å²) in [5.41, 5.74) is -0.475. The normalized spacial score (nSPS) is 11.4. The van der Waals surface area contributed by atoms with Gasteiger partial charge >= 0.3 is 5.63 Å². The number of pyridine rings is 2. The van der Waals surface area contributed by atoms with Gasteiger partial charge in [-0.2, -0.15) is 0 Å². The van der Waals surface area contributed by atoms with E-state index in [0.717, 1.165) is 0 Å². The molecular formula is C17H12N2O6. The fourth-order valence-electron chi connectivity index (χ4n) is 2.26. The van der Waals surface area contributed by atoms with E-state index in [1.54, 1.807) is 6.07 Å². The van der Waals surface area contributed by atoms with E-state index in [0.29, 0.717) is 0 Å². The molecule has 3 heterocycles. The summed E-state index contributed by atoms with van der Waals surface area (Å²) >= 11 is 0. The molecule has 0 bridgehead atoms. The summed E-state index contributed by atoms with van der Waals surface area (Å²) in [6.45, 7) is 0.212. The third kappa shape index (κ3) is 3.18. The van der Waals surface area contributed by atoms with Crippen LogP contribution in [0, 0.1) is 0 Å². The highest BCUT2D eigenvalue weighted by molar-refractivity contribution is 5.79. The molecule has 3 aromatic rings. The van der Waals surface area contributed by atoms with Gasteiger partial charge in [-0.1, -0.05) is 0 Å². The molecule has 0 fully saturated rings. The molecule has 0 atom stereocenters. The van der Waals surface area contributed by atoms with Gasteiger partial charge in [-0.3, -0.25) is 4.79 Å². The van der Waals surface area contributed by atoms with Crippen LogP contribution in [0.1, 0.15) is 11.3 Å². The molecular weight excluding hydrogens is 328 g/mol. The predicted octanol–water partition coefficient (Wildman–Crippen LogP) is 1.97. The topological polar surface area (TPSA) is 123 Å². The molecule has 0 saturated carbocycles. The van der Waals surface area contributed by atoms with E-state index in [2.05, 4.69) is 9.97 Å². The number of aromatic nitrogens is 2. The Hall–Kier alpha value is -3.68. The van der Waals surface area contributed by atoms with Crippen molar-refractivity contribution in [3.63, 3.8) is 0 Å². The van der Waals surface area contributed by atoms with Gasteiger partial charge in [0.25, 0.3) is 6.47 Å². The lowest BCUT2D eigenvalue weighted by Gasteiger charge is -2.06. The Morgan fingerprint density at radius 1 is 1.24 bits per heavy atom. The highest BCUT2D eigenvalue weighted by atomic mass is 16.5. The van der Waals surface area contributed by atoms with Crippen LogP contribution in [0.2, 0.25) is 0 Å². The summed E-state index contributed by atoms with van der Waals surface area (Å²) in [5.74, 6) is -0.582. The van der Waals surface area contributed by atoms with Crippen LogP contribution in [0.15, 0.2) is 51.9 Å². The molecule has 2 N–H and O–H groups in total. The second kappa shape index (κ2) is 6.83. The zero-order chi connectivity index (χ0) is 17.8. The minimum absolute atomic E-state index is 0.0254. The summed E-state index contributed by atoms with van der Waals surface area (Å²) < 4.78 is 9.83. The van der Waals surface area contributed by atoms with Crippen LogP contribution in [0.3, 0.4) is 0 Å². The number of hydrogen-bond donors (Lipinski definition) is 2. The van der Waals surface area contributed by atoms with Crippen molar-refractivity contribution in [3.8, 4) is 11.5 Å². The van der Waals surface area contributed by atoms with Crippen molar-refractivity contribution < 1.29 is 24.2 Å². The fourth-order valence-corrected chi connectivity index (χ4v) is 2.26. The molecule has 3 rings (SSSR count). The molecule has 0 unspecified atom stereocenters. The monoisotopic (exact) mass is 340 g/mol. The molecule has 0 aromatic carbocycles. The maximum absolute atomic E-state index is 12.0. The molecule has 8 nitrogen and oxygen atoms in total. The Bertz CT molecular complexity index is 1030. The SMILES string of the molecule is O=COc1cccnc1/C(O)=C/Cc1c(O)c2ncccc2oc1=O. The molecule has 126 valence electrons. The van der Waals surface area contributed by atoms with Crippen molar-refractivity contribution in [3.05, 3.63) is 64.4 Å². The zero-order valence-corrected chi connectivity index (χ0v) is 12.7. The fraction of sp³-hybridized carbons (Fsp3) is 0.0588. The van der Waals surface area contributed by atoms with Gasteiger partial charge in [-0.05, 0) is 30.3 Å². The third-order valence-electron chi connectivity index (χ3n) is 3.42. The Balaban J connectivity index is 1.98.